The summed E-state index contributed by atoms with van der Waals surface area (Å²) in [5.41, 5.74) is -0.401. The molecule has 4 rings (SSSR count). The number of fused-ring (bicyclic) bond motifs is 5. The smallest absolute Gasteiger partial charge is 0.341 e. The maximum atomic E-state index is 12.6. The van der Waals surface area contributed by atoms with Crippen molar-refractivity contribution in [1.29, 1.82) is 0 Å². The van der Waals surface area contributed by atoms with Gasteiger partial charge in [0.05, 0.1) is 28.0 Å². The monoisotopic (exact) mass is 419 g/mol. The summed E-state index contributed by atoms with van der Waals surface area (Å²) in [6.45, 7) is -0.802. The summed E-state index contributed by atoms with van der Waals surface area (Å²) < 4.78 is 4.90. The minimum atomic E-state index is -1.32. The van der Waals surface area contributed by atoms with Crippen molar-refractivity contribution in [2.45, 2.75) is 6.42 Å². The number of benzene rings is 1. The lowest BCUT2D eigenvalue weighted by atomic mass is 9.85. The van der Waals surface area contributed by atoms with Gasteiger partial charge in [-0.15, -0.1) is 0 Å². The maximum Gasteiger partial charge on any atom is 0.341 e. The number of nitro groups is 1. The van der Waals surface area contributed by atoms with E-state index in [1.165, 1.54) is 6.07 Å². The van der Waals surface area contributed by atoms with Gasteiger partial charge in [-0.3, -0.25) is 19.7 Å². The third kappa shape index (κ3) is 3.15. The number of hydrogen-bond acceptors (Lipinski definition) is 7. The van der Waals surface area contributed by atoms with Gasteiger partial charge in [0.1, 0.15) is 0 Å². The average Bonchev–Trinajstić information content (AvgIpc) is 3.33. The minimum Gasteiger partial charge on any atom is -0.479 e. The number of carboxylic acids is 1. The zero-order valence-electron chi connectivity index (χ0n) is 14.7. The number of amides is 2. The van der Waals surface area contributed by atoms with Gasteiger partial charge in [-0.2, -0.15) is 10.1 Å². The third-order valence-corrected chi connectivity index (χ3v) is 5.63. The Kier molecular flexibility index (Phi) is 4.58. The first kappa shape index (κ1) is 19.1. The number of nitrogens with zero attached hydrogens (tertiary/aromatic N) is 3. The first-order valence-corrected chi connectivity index (χ1v) is 9.08. The van der Waals surface area contributed by atoms with Crippen molar-refractivity contribution in [3.05, 3.63) is 45.0 Å². The lowest BCUT2D eigenvalue weighted by Gasteiger charge is -2.13. The number of carbonyl (C=O) groups is 3. The van der Waals surface area contributed by atoms with Crippen molar-refractivity contribution in [1.82, 2.24) is 5.01 Å². The van der Waals surface area contributed by atoms with Crippen LogP contribution in [-0.4, -0.2) is 45.6 Å². The molecule has 0 aromatic heterocycles. The fraction of sp³-hybridized carbons (Fsp3) is 0.333. The number of rotatable bonds is 6. The molecule has 1 aromatic rings. The van der Waals surface area contributed by atoms with Gasteiger partial charge in [-0.25, -0.2) is 4.79 Å². The molecule has 11 heteroatoms. The van der Waals surface area contributed by atoms with Gasteiger partial charge < -0.3 is 9.84 Å². The molecule has 0 spiro atoms. The van der Waals surface area contributed by atoms with Crippen LogP contribution in [0.25, 0.3) is 0 Å². The van der Waals surface area contributed by atoms with E-state index in [4.69, 9.17) is 21.4 Å². The molecule has 4 atom stereocenters. The van der Waals surface area contributed by atoms with Gasteiger partial charge in [-0.1, -0.05) is 23.8 Å². The van der Waals surface area contributed by atoms with E-state index in [0.717, 1.165) is 23.7 Å². The number of hydrazone groups is 1. The van der Waals surface area contributed by atoms with Crippen LogP contribution in [0.2, 0.25) is 5.02 Å². The van der Waals surface area contributed by atoms with Crippen LogP contribution in [0.3, 0.4) is 0 Å². The summed E-state index contributed by atoms with van der Waals surface area (Å²) in [7, 11) is 0. The van der Waals surface area contributed by atoms with E-state index in [0.29, 0.717) is 0 Å². The molecule has 2 amide bonds. The summed E-state index contributed by atoms with van der Waals surface area (Å²) >= 11 is 6.00. The molecule has 1 saturated carbocycles. The van der Waals surface area contributed by atoms with Crippen molar-refractivity contribution >= 4 is 41.3 Å². The second kappa shape index (κ2) is 6.96. The lowest BCUT2D eigenvalue weighted by molar-refractivity contribution is -0.385. The maximum absolute atomic E-state index is 12.6. The highest BCUT2D eigenvalue weighted by Gasteiger charge is 2.59. The number of ether oxygens (including phenoxy) is 1. The Hall–Kier alpha value is -3.27. The Labute approximate surface area is 168 Å². The Morgan fingerprint density at radius 1 is 1.31 bits per heavy atom. The van der Waals surface area contributed by atoms with E-state index >= 15 is 0 Å². The van der Waals surface area contributed by atoms with Gasteiger partial charge in [0.2, 0.25) is 5.75 Å². The molecule has 2 fully saturated rings. The molecule has 1 N–H and O–H groups in total. The largest absolute Gasteiger partial charge is 0.479 e. The van der Waals surface area contributed by atoms with Gasteiger partial charge in [0.15, 0.2) is 6.61 Å². The van der Waals surface area contributed by atoms with Crippen molar-refractivity contribution in [3.8, 4) is 5.75 Å². The Balaban J connectivity index is 1.59. The molecule has 1 aromatic carbocycles. The van der Waals surface area contributed by atoms with Crippen LogP contribution in [0.5, 0.6) is 5.75 Å². The van der Waals surface area contributed by atoms with Crippen LogP contribution >= 0.6 is 11.6 Å². The number of carbonyl (C=O) groups excluding carboxylic acids is 2. The molecular formula is C18H14ClN3O7. The molecule has 4 unspecified atom stereocenters. The highest BCUT2D eigenvalue weighted by molar-refractivity contribution is 6.32. The van der Waals surface area contributed by atoms with Crippen LogP contribution in [0.4, 0.5) is 5.69 Å². The Morgan fingerprint density at radius 3 is 2.48 bits per heavy atom. The fourth-order valence-electron chi connectivity index (χ4n) is 4.21. The second-order valence-corrected chi connectivity index (χ2v) is 7.43. The molecular weight excluding hydrogens is 406 g/mol. The zero-order chi connectivity index (χ0) is 20.9. The van der Waals surface area contributed by atoms with Crippen molar-refractivity contribution in [3.63, 3.8) is 0 Å². The SMILES string of the molecule is O=C(O)COc1c(Cl)cc(C=NN2C(=O)C3C4C=CC(C4)C3C2=O)cc1[N+](=O)[O-]. The molecule has 29 heavy (non-hydrogen) atoms. The fourth-order valence-corrected chi connectivity index (χ4v) is 4.49. The number of imide groups is 1. The molecule has 1 saturated heterocycles. The highest BCUT2D eigenvalue weighted by Crippen LogP contribution is 2.52. The number of carboxylic acid groups (broad SMARTS) is 1. The predicted molar refractivity (Wildman–Crippen MR) is 98.4 cm³/mol. The molecule has 2 bridgehead atoms. The number of hydrogen-bond donors (Lipinski definition) is 1. The molecule has 2 aliphatic carbocycles. The summed E-state index contributed by atoms with van der Waals surface area (Å²) in [5, 5.41) is 24.5. The van der Waals surface area contributed by atoms with Gasteiger partial charge in [0, 0.05) is 11.6 Å². The summed E-state index contributed by atoms with van der Waals surface area (Å²) in [5.74, 6) is -3.18. The second-order valence-electron chi connectivity index (χ2n) is 7.02. The molecule has 1 heterocycles. The summed E-state index contributed by atoms with van der Waals surface area (Å²) in [6.07, 6.45) is 5.85. The summed E-state index contributed by atoms with van der Waals surface area (Å²) in [4.78, 5) is 46.4. The van der Waals surface area contributed by atoms with Crippen LogP contribution in [0.1, 0.15) is 12.0 Å². The predicted octanol–water partition coefficient (Wildman–Crippen LogP) is 1.85. The van der Waals surface area contributed by atoms with E-state index < -0.39 is 35.0 Å². The van der Waals surface area contributed by atoms with Gasteiger partial charge in [-0.05, 0) is 24.3 Å². The molecule has 10 nitrogen and oxygen atoms in total. The van der Waals surface area contributed by atoms with E-state index in [1.54, 1.807) is 0 Å². The zero-order valence-corrected chi connectivity index (χ0v) is 15.5. The van der Waals surface area contributed by atoms with Crippen LogP contribution in [0.15, 0.2) is 29.4 Å². The molecule has 0 radical (unpaired) electrons. The third-order valence-electron chi connectivity index (χ3n) is 5.35. The number of aliphatic carboxylic acids is 1. The number of nitro benzene ring substituents is 1. The van der Waals surface area contributed by atoms with Crippen LogP contribution in [-0.2, 0) is 14.4 Å². The van der Waals surface area contributed by atoms with Crippen molar-refractivity contribution in [2.75, 3.05) is 6.61 Å². The minimum absolute atomic E-state index is 0.0443. The number of halogens is 1. The van der Waals surface area contributed by atoms with Crippen molar-refractivity contribution < 1.29 is 29.2 Å². The molecule has 150 valence electrons. The highest BCUT2D eigenvalue weighted by atomic mass is 35.5. The van der Waals surface area contributed by atoms with Gasteiger partial charge in [0.25, 0.3) is 11.8 Å². The lowest BCUT2D eigenvalue weighted by Crippen LogP contribution is -2.28. The standard InChI is InChI=1S/C18H14ClN3O7/c19-11-3-8(4-12(22(27)28)16(11)29-7-13(23)24)6-20-21-17(25)14-9-1-2-10(5-9)15(14)18(21)26/h1-4,6,9-10,14-15H,5,7H2,(H,23,24). The van der Waals surface area contributed by atoms with E-state index in [9.17, 15) is 24.5 Å². The normalized spacial score (nSPS) is 27.1. The van der Waals surface area contributed by atoms with Gasteiger partial charge >= 0.3 is 11.7 Å². The summed E-state index contributed by atoms with van der Waals surface area (Å²) in [6, 6.07) is 2.34. The Bertz CT molecular complexity index is 975. The first-order valence-electron chi connectivity index (χ1n) is 8.70. The average molecular weight is 420 g/mol. The van der Waals surface area contributed by atoms with E-state index in [2.05, 4.69) is 5.10 Å². The first-order chi connectivity index (χ1) is 13.8. The van der Waals surface area contributed by atoms with Crippen LogP contribution in [0, 0.1) is 33.8 Å². The topological polar surface area (TPSA) is 139 Å². The quantitative estimate of drug-likeness (QED) is 0.244. The van der Waals surface area contributed by atoms with E-state index in [-0.39, 0.29) is 40.0 Å². The van der Waals surface area contributed by atoms with Crippen LogP contribution < -0.4 is 4.74 Å². The van der Waals surface area contributed by atoms with E-state index in [1.807, 2.05) is 12.2 Å². The Morgan fingerprint density at radius 2 is 1.93 bits per heavy atom. The molecule has 3 aliphatic rings. The number of allylic oxidation sites excluding steroid dienone is 2. The van der Waals surface area contributed by atoms with Crippen molar-refractivity contribution in [2.24, 2.45) is 28.8 Å². The molecule has 1 aliphatic heterocycles.